The average Bonchev–Trinajstić information content (AvgIpc) is 3.00. The lowest BCUT2D eigenvalue weighted by Crippen LogP contribution is -2.34. The highest BCUT2D eigenvalue weighted by Crippen LogP contribution is 2.27. The van der Waals surface area contributed by atoms with Crippen molar-refractivity contribution >= 4 is 39.2 Å². The molecule has 0 saturated carbocycles. The van der Waals surface area contributed by atoms with E-state index in [1.807, 2.05) is 0 Å². The van der Waals surface area contributed by atoms with Crippen LogP contribution in [0.3, 0.4) is 0 Å². The quantitative estimate of drug-likeness (QED) is 0.0382. The highest BCUT2D eigenvalue weighted by atomic mass is 33.1. The van der Waals surface area contributed by atoms with Crippen LogP contribution in [0.5, 0.6) is 0 Å². The summed E-state index contributed by atoms with van der Waals surface area (Å²) in [6, 6.07) is 6.02. The first-order valence-electron chi connectivity index (χ1n) is 19.2. The fourth-order valence-corrected chi connectivity index (χ4v) is 16.4. The Kier molecular flexibility index (Phi) is 35.8. The van der Waals surface area contributed by atoms with Crippen LogP contribution in [0.15, 0.2) is 0 Å². The Hall–Kier alpha value is 1.05. The predicted octanol–water partition coefficient (Wildman–Crippen LogP) is 12.6. The van der Waals surface area contributed by atoms with Crippen molar-refractivity contribution in [1.29, 1.82) is 0 Å². The molecule has 0 N–H and O–H groups in total. The first-order chi connectivity index (χ1) is 20.7. The average molecular weight is 663 g/mol. The van der Waals surface area contributed by atoms with Crippen LogP contribution >= 0.6 is 21.6 Å². The third-order valence-electron chi connectivity index (χ3n) is 8.94. The van der Waals surface area contributed by atoms with Crippen molar-refractivity contribution in [2.45, 2.75) is 206 Å². The molecule has 0 aromatic carbocycles. The zero-order chi connectivity index (χ0) is 30.9. The van der Waals surface area contributed by atoms with Gasteiger partial charge >= 0.3 is 0 Å². The van der Waals surface area contributed by atoms with Crippen molar-refractivity contribution in [3.8, 4) is 0 Å². The maximum Gasteiger partial charge on any atom is 0.0717 e. The van der Waals surface area contributed by atoms with Crippen molar-refractivity contribution < 1.29 is 9.47 Å². The maximum absolute atomic E-state index is 6.63. The molecule has 0 aromatic heterocycles. The van der Waals surface area contributed by atoms with Crippen molar-refractivity contribution in [3.05, 3.63) is 0 Å². The summed E-state index contributed by atoms with van der Waals surface area (Å²) in [5, 5.41) is 0. The Balaban J connectivity index is 4.41. The molecular formula is C36H78O2S2Si2. The van der Waals surface area contributed by atoms with Crippen LogP contribution in [0.4, 0.5) is 0 Å². The van der Waals surface area contributed by atoms with Crippen LogP contribution in [0.1, 0.15) is 170 Å². The van der Waals surface area contributed by atoms with E-state index in [1.165, 1.54) is 164 Å². The molecule has 2 nitrogen and oxygen atoms in total. The van der Waals surface area contributed by atoms with Crippen LogP contribution in [0.25, 0.3) is 0 Å². The van der Waals surface area contributed by atoms with Gasteiger partial charge in [-0.05, 0) is 38.5 Å². The van der Waals surface area contributed by atoms with E-state index in [2.05, 4.69) is 63.1 Å². The Bertz CT molecular complexity index is 455. The Morgan fingerprint density at radius 1 is 0.405 bits per heavy atom. The number of unbranched alkanes of at least 4 members (excludes halogenated alkanes) is 10. The van der Waals surface area contributed by atoms with E-state index in [0.29, 0.717) is 11.5 Å². The minimum absolute atomic E-state index is 0.636. The second-order valence-corrected chi connectivity index (χ2v) is 22.5. The van der Waals surface area contributed by atoms with Gasteiger partial charge in [0.15, 0.2) is 0 Å². The van der Waals surface area contributed by atoms with Gasteiger partial charge in [-0.15, -0.1) is 0 Å². The SMILES string of the molecule is CCCCCOC(CCCCSSCCCCC(OCCCCC)[SiH](CCCC)CCCC)[SiH](CCCC)CCCC. The molecule has 0 saturated heterocycles. The van der Waals surface area contributed by atoms with Gasteiger partial charge in [0, 0.05) is 36.2 Å². The molecule has 0 radical (unpaired) electrons. The monoisotopic (exact) mass is 662 g/mol. The van der Waals surface area contributed by atoms with Gasteiger partial charge in [0.05, 0.1) is 17.6 Å². The highest BCUT2D eigenvalue weighted by molar-refractivity contribution is 8.76. The van der Waals surface area contributed by atoms with E-state index in [9.17, 15) is 0 Å². The summed E-state index contributed by atoms with van der Waals surface area (Å²) in [5.74, 6) is 2.63. The molecule has 0 aliphatic carbocycles. The molecule has 0 spiro atoms. The fraction of sp³-hybridized carbons (Fsp3) is 1.00. The third kappa shape index (κ3) is 26.3. The van der Waals surface area contributed by atoms with Gasteiger partial charge in [0.25, 0.3) is 0 Å². The molecule has 0 aliphatic heterocycles. The molecule has 2 unspecified atom stereocenters. The van der Waals surface area contributed by atoms with Crippen molar-refractivity contribution in [2.24, 2.45) is 0 Å². The van der Waals surface area contributed by atoms with E-state index >= 15 is 0 Å². The molecule has 0 amide bonds. The van der Waals surface area contributed by atoms with E-state index in [4.69, 9.17) is 9.47 Å². The minimum atomic E-state index is -0.797. The van der Waals surface area contributed by atoms with Gasteiger partial charge < -0.3 is 9.47 Å². The summed E-state index contributed by atoms with van der Waals surface area (Å²) >= 11 is 0. The lowest BCUT2D eigenvalue weighted by molar-refractivity contribution is 0.0906. The van der Waals surface area contributed by atoms with Crippen LogP contribution < -0.4 is 0 Å². The van der Waals surface area contributed by atoms with Gasteiger partial charge in [-0.2, -0.15) is 0 Å². The molecule has 0 aromatic rings. The smallest absolute Gasteiger partial charge is 0.0717 e. The van der Waals surface area contributed by atoms with E-state index in [1.54, 1.807) is 0 Å². The molecule has 0 fully saturated rings. The van der Waals surface area contributed by atoms with Crippen molar-refractivity contribution in [2.75, 3.05) is 24.7 Å². The van der Waals surface area contributed by atoms with Crippen molar-refractivity contribution in [1.82, 2.24) is 0 Å². The van der Waals surface area contributed by atoms with E-state index in [-0.39, 0.29) is 0 Å². The Morgan fingerprint density at radius 2 is 0.738 bits per heavy atom. The molecule has 0 bridgehead atoms. The number of ether oxygens (including phenoxy) is 2. The minimum Gasteiger partial charge on any atom is -0.382 e. The summed E-state index contributed by atoms with van der Waals surface area (Å²) in [6.45, 7) is 16.1. The first kappa shape index (κ1) is 43.1. The molecule has 6 heteroatoms. The number of hydrogen-bond acceptors (Lipinski definition) is 4. The third-order valence-corrected chi connectivity index (χ3v) is 19.3. The summed E-state index contributed by atoms with van der Waals surface area (Å²) in [6.07, 6.45) is 27.0. The Labute approximate surface area is 277 Å². The largest absolute Gasteiger partial charge is 0.382 e. The van der Waals surface area contributed by atoms with Crippen LogP contribution in [0.2, 0.25) is 24.2 Å². The van der Waals surface area contributed by atoms with Crippen LogP contribution in [0, 0.1) is 0 Å². The summed E-state index contributed by atoms with van der Waals surface area (Å²) in [5.41, 5.74) is 1.27. The van der Waals surface area contributed by atoms with Crippen LogP contribution in [-0.4, -0.2) is 53.8 Å². The fourth-order valence-electron chi connectivity index (χ4n) is 6.11. The van der Waals surface area contributed by atoms with E-state index < -0.39 is 17.6 Å². The second-order valence-electron chi connectivity index (χ2n) is 13.0. The van der Waals surface area contributed by atoms with E-state index in [0.717, 1.165) is 13.2 Å². The zero-order valence-electron chi connectivity index (χ0n) is 29.7. The normalized spacial score (nSPS) is 13.4. The van der Waals surface area contributed by atoms with Gasteiger partial charge in [0.2, 0.25) is 0 Å². The van der Waals surface area contributed by atoms with Crippen LogP contribution in [-0.2, 0) is 9.47 Å². The number of hydrogen-bond donors (Lipinski definition) is 0. The van der Waals surface area contributed by atoms with Gasteiger partial charge in [-0.1, -0.05) is 177 Å². The van der Waals surface area contributed by atoms with Gasteiger partial charge in [-0.3, -0.25) is 0 Å². The summed E-state index contributed by atoms with van der Waals surface area (Å²) in [7, 11) is 2.68. The van der Waals surface area contributed by atoms with Gasteiger partial charge in [-0.25, -0.2) is 0 Å². The predicted molar refractivity (Wildman–Crippen MR) is 204 cm³/mol. The standard InChI is InChI=1S/C36H78O2S2Si2/c1-7-13-21-27-37-35(41(31-15-9-3)32-16-10-4)25-19-23-29-39-40-30-24-20-26-36(38-28-22-14-8-2)42(33-17-11-5)34-18-12-6/h35-36,41-42H,7-34H2,1-6H3. The first-order valence-corrected chi connectivity index (χ1v) is 26.2. The topological polar surface area (TPSA) is 18.5 Å². The molecule has 0 aliphatic rings. The molecule has 0 heterocycles. The van der Waals surface area contributed by atoms with Crippen molar-refractivity contribution in [3.63, 3.8) is 0 Å². The zero-order valence-corrected chi connectivity index (χ0v) is 33.7. The number of rotatable bonds is 35. The lowest BCUT2D eigenvalue weighted by atomic mass is 10.2. The summed E-state index contributed by atoms with van der Waals surface area (Å²) in [4.78, 5) is 0. The molecule has 0 rings (SSSR count). The Morgan fingerprint density at radius 3 is 1.05 bits per heavy atom. The second kappa shape index (κ2) is 34.9. The lowest BCUT2D eigenvalue weighted by Gasteiger charge is -2.27. The maximum atomic E-state index is 6.63. The van der Waals surface area contributed by atoms with Gasteiger partial charge in [0.1, 0.15) is 0 Å². The molecule has 2 atom stereocenters. The molecule has 254 valence electrons. The molecule has 42 heavy (non-hydrogen) atoms. The summed E-state index contributed by atoms with van der Waals surface area (Å²) < 4.78 is 13.3. The highest BCUT2D eigenvalue weighted by Gasteiger charge is 2.24. The molecular weight excluding hydrogens is 585 g/mol.